The molecule has 5 heterocycles. The molecule has 0 spiro atoms. The molecule has 0 atom stereocenters. The molecular formula is C29H31N7O2. The monoisotopic (exact) mass is 509 g/mol. The highest BCUT2D eigenvalue weighted by Gasteiger charge is 2.26. The van der Waals surface area contributed by atoms with Crippen molar-refractivity contribution in [2.75, 3.05) is 49.6 Å². The van der Waals surface area contributed by atoms with Crippen molar-refractivity contribution in [3.8, 4) is 0 Å². The molecule has 7 rings (SSSR count). The number of hydrogen-bond donors (Lipinski definition) is 1. The number of rotatable bonds is 4. The van der Waals surface area contributed by atoms with Gasteiger partial charge in [0.2, 0.25) is 5.95 Å². The fourth-order valence-corrected chi connectivity index (χ4v) is 5.97. The number of ether oxygens (including phenoxy) is 1. The molecule has 2 aliphatic rings. The lowest BCUT2D eigenvalue weighted by Crippen LogP contribution is -2.49. The van der Waals surface area contributed by atoms with E-state index in [1.54, 1.807) is 17.8 Å². The first kappa shape index (κ1) is 23.2. The second-order valence-electron chi connectivity index (χ2n) is 10.2. The molecule has 0 aliphatic carbocycles. The Morgan fingerprint density at radius 1 is 0.921 bits per heavy atom. The van der Waals surface area contributed by atoms with Crippen molar-refractivity contribution in [2.45, 2.75) is 18.9 Å². The molecule has 5 aromatic rings. The Morgan fingerprint density at radius 3 is 2.47 bits per heavy atom. The van der Waals surface area contributed by atoms with Gasteiger partial charge in [0.1, 0.15) is 11.0 Å². The maximum Gasteiger partial charge on any atom is 0.275 e. The quantitative estimate of drug-likeness (QED) is 0.395. The third-order valence-electron chi connectivity index (χ3n) is 8.07. The minimum absolute atomic E-state index is 0.0671. The van der Waals surface area contributed by atoms with Crippen LogP contribution in [-0.2, 0) is 11.8 Å². The highest BCUT2D eigenvalue weighted by atomic mass is 16.5. The van der Waals surface area contributed by atoms with Gasteiger partial charge in [-0.2, -0.15) is 4.98 Å². The SMILES string of the molecule is Cn1c(=O)c2cc3ccccc3n2c2nc(Nc3ccc(N4CCC(N5CCOCC5)CC4)cc3)ncc21. The number of aromatic nitrogens is 4. The largest absolute Gasteiger partial charge is 0.379 e. The van der Waals surface area contributed by atoms with Gasteiger partial charge in [0.25, 0.3) is 5.56 Å². The molecule has 194 valence electrons. The second-order valence-corrected chi connectivity index (χ2v) is 10.2. The molecule has 1 N–H and O–H groups in total. The summed E-state index contributed by atoms with van der Waals surface area (Å²) in [6.07, 6.45) is 4.10. The van der Waals surface area contributed by atoms with E-state index in [0.717, 1.165) is 56.0 Å². The van der Waals surface area contributed by atoms with Crippen molar-refractivity contribution in [3.05, 3.63) is 71.1 Å². The summed E-state index contributed by atoms with van der Waals surface area (Å²) < 4.78 is 9.07. The van der Waals surface area contributed by atoms with E-state index in [1.165, 1.54) is 18.5 Å². The fourth-order valence-electron chi connectivity index (χ4n) is 5.97. The highest BCUT2D eigenvalue weighted by molar-refractivity contribution is 5.92. The van der Waals surface area contributed by atoms with Gasteiger partial charge in [-0.05, 0) is 49.2 Å². The van der Waals surface area contributed by atoms with Crippen LogP contribution >= 0.6 is 0 Å². The number of morpholine rings is 1. The van der Waals surface area contributed by atoms with Crippen LogP contribution in [0.1, 0.15) is 12.8 Å². The number of fused-ring (bicyclic) bond motifs is 5. The lowest BCUT2D eigenvalue weighted by molar-refractivity contribution is 0.0115. The van der Waals surface area contributed by atoms with Crippen LogP contribution in [0.4, 0.5) is 17.3 Å². The van der Waals surface area contributed by atoms with E-state index in [9.17, 15) is 4.79 Å². The standard InChI is InChI=1S/C29H31N7O2/c1-33-26-19-30-29(32-27(26)36-24-5-3-2-4-20(24)18-25(36)28(33)37)31-21-6-8-22(9-7-21)34-12-10-23(11-13-34)35-14-16-38-17-15-35/h2-9,18-19,23H,10-17H2,1H3,(H,30,31,32). The molecule has 0 bridgehead atoms. The normalized spacial score (nSPS) is 17.6. The number of nitrogens with one attached hydrogen (secondary N) is 1. The summed E-state index contributed by atoms with van der Waals surface area (Å²) in [6, 6.07) is 19.1. The Morgan fingerprint density at radius 2 is 1.68 bits per heavy atom. The second kappa shape index (κ2) is 9.41. The Labute approximate surface area is 220 Å². The highest BCUT2D eigenvalue weighted by Crippen LogP contribution is 2.26. The molecule has 0 unspecified atom stereocenters. The van der Waals surface area contributed by atoms with Crippen molar-refractivity contribution < 1.29 is 4.74 Å². The predicted octanol–water partition coefficient (Wildman–Crippen LogP) is 3.78. The van der Waals surface area contributed by atoms with Crippen LogP contribution in [0.3, 0.4) is 0 Å². The van der Waals surface area contributed by atoms with Crippen LogP contribution in [0.2, 0.25) is 0 Å². The number of benzene rings is 2. The minimum Gasteiger partial charge on any atom is -0.379 e. The zero-order valence-corrected chi connectivity index (χ0v) is 21.5. The third kappa shape index (κ3) is 3.99. The third-order valence-corrected chi connectivity index (χ3v) is 8.07. The molecule has 0 amide bonds. The summed E-state index contributed by atoms with van der Waals surface area (Å²) in [5.41, 5.74) is 5.04. The zero-order chi connectivity index (χ0) is 25.6. The molecule has 0 radical (unpaired) electrons. The molecule has 0 saturated carbocycles. The Kier molecular flexibility index (Phi) is 5.74. The van der Waals surface area contributed by atoms with E-state index < -0.39 is 0 Å². The zero-order valence-electron chi connectivity index (χ0n) is 21.5. The van der Waals surface area contributed by atoms with Gasteiger partial charge < -0.3 is 19.5 Å². The van der Waals surface area contributed by atoms with Crippen molar-refractivity contribution in [3.63, 3.8) is 0 Å². The molecule has 2 fully saturated rings. The van der Waals surface area contributed by atoms with Gasteiger partial charge in [-0.3, -0.25) is 14.1 Å². The maximum atomic E-state index is 13.0. The van der Waals surface area contributed by atoms with Crippen molar-refractivity contribution in [2.24, 2.45) is 7.05 Å². The number of nitrogens with zero attached hydrogens (tertiary/aromatic N) is 6. The van der Waals surface area contributed by atoms with Gasteiger partial charge in [-0.25, -0.2) is 4.98 Å². The molecule has 9 heteroatoms. The van der Waals surface area contributed by atoms with Gasteiger partial charge in [-0.15, -0.1) is 0 Å². The summed E-state index contributed by atoms with van der Waals surface area (Å²) in [6.45, 7) is 5.99. The first-order valence-corrected chi connectivity index (χ1v) is 13.4. The van der Waals surface area contributed by atoms with Gasteiger partial charge in [-0.1, -0.05) is 18.2 Å². The number of para-hydroxylation sites is 1. The van der Waals surface area contributed by atoms with Gasteiger partial charge in [0.15, 0.2) is 5.65 Å². The van der Waals surface area contributed by atoms with Crippen LogP contribution in [0, 0.1) is 0 Å². The van der Waals surface area contributed by atoms with E-state index >= 15 is 0 Å². The Balaban J connectivity index is 1.12. The van der Waals surface area contributed by atoms with Crippen LogP contribution in [0.15, 0.2) is 65.6 Å². The van der Waals surface area contributed by atoms with Crippen LogP contribution in [0.25, 0.3) is 27.6 Å². The number of aryl methyl sites for hydroxylation is 1. The average Bonchev–Trinajstić information content (AvgIpc) is 3.37. The number of anilines is 3. The van der Waals surface area contributed by atoms with Crippen molar-refractivity contribution in [1.82, 2.24) is 23.8 Å². The lowest BCUT2D eigenvalue weighted by Gasteiger charge is -2.40. The van der Waals surface area contributed by atoms with Crippen LogP contribution < -0.4 is 15.8 Å². The number of hydrogen-bond acceptors (Lipinski definition) is 7. The molecule has 2 saturated heterocycles. The molecule has 2 aliphatic heterocycles. The topological polar surface area (TPSA) is 79.9 Å². The van der Waals surface area contributed by atoms with E-state index in [2.05, 4.69) is 44.4 Å². The minimum atomic E-state index is -0.0671. The first-order valence-electron chi connectivity index (χ1n) is 13.4. The molecule has 3 aromatic heterocycles. The summed E-state index contributed by atoms with van der Waals surface area (Å²) in [7, 11) is 1.77. The predicted molar refractivity (Wildman–Crippen MR) is 151 cm³/mol. The number of piperidine rings is 1. The molecule has 38 heavy (non-hydrogen) atoms. The Hall–Kier alpha value is -3.95. The smallest absolute Gasteiger partial charge is 0.275 e. The molecule has 2 aromatic carbocycles. The first-order chi connectivity index (χ1) is 18.7. The van der Waals surface area contributed by atoms with E-state index in [1.807, 2.05) is 34.7 Å². The van der Waals surface area contributed by atoms with Crippen LogP contribution in [-0.4, -0.2) is 69.3 Å². The maximum absolute atomic E-state index is 13.0. The summed E-state index contributed by atoms with van der Waals surface area (Å²) in [4.78, 5) is 27.4. The lowest BCUT2D eigenvalue weighted by atomic mass is 10.0. The fraction of sp³-hybridized carbons (Fsp3) is 0.345. The summed E-state index contributed by atoms with van der Waals surface area (Å²) in [5.74, 6) is 0.495. The van der Waals surface area contributed by atoms with Gasteiger partial charge >= 0.3 is 0 Å². The van der Waals surface area contributed by atoms with Crippen molar-refractivity contribution >= 4 is 44.9 Å². The van der Waals surface area contributed by atoms with Gasteiger partial charge in [0.05, 0.1) is 24.9 Å². The van der Waals surface area contributed by atoms with Gasteiger partial charge in [0, 0.05) is 56.0 Å². The van der Waals surface area contributed by atoms with E-state index in [0.29, 0.717) is 28.7 Å². The summed E-state index contributed by atoms with van der Waals surface area (Å²) >= 11 is 0. The summed E-state index contributed by atoms with van der Waals surface area (Å²) in [5, 5.41) is 4.36. The molecular weight excluding hydrogens is 478 g/mol. The van der Waals surface area contributed by atoms with Crippen LogP contribution in [0.5, 0.6) is 0 Å². The van der Waals surface area contributed by atoms with E-state index in [4.69, 9.17) is 9.72 Å². The average molecular weight is 510 g/mol. The van der Waals surface area contributed by atoms with Crippen molar-refractivity contribution in [1.29, 1.82) is 0 Å². The molecule has 9 nitrogen and oxygen atoms in total. The Bertz CT molecular complexity index is 1680. The van der Waals surface area contributed by atoms with E-state index in [-0.39, 0.29) is 5.56 Å².